The van der Waals surface area contributed by atoms with Crippen LogP contribution in [0.15, 0.2) is 200 Å². The zero-order valence-electron chi connectivity index (χ0n) is 45.1. The lowest BCUT2D eigenvalue weighted by atomic mass is 9.82. The average Bonchev–Trinajstić information content (AvgIpc) is 4.23. The molecule has 11 aromatic rings. The van der Waals surface area contributed by atoms with Gasteiger partial charge in [0.25, 0.3) is 0 Å². The summed E-state index contributed by atoms with van der Waals surface area (Å²) in [4.78, 5) is 9.19. The van der Waals surface area contributed by atoms with E-state index in [-0.39, 0.29) is 35.0 Å². The summed E-state index contributed by atoms with van der Waals surface area (Å²) in [6.07, 6.45) is 1.88. The average molecular weight is 1050 g/mol. The van der Waals surface area contributed by atoms with E-state index < -0.39 is 23.3 Å². The van der Waals surface area contributed by atoms with Crippen LogP contribution in [0, 0.1) is 23.3 Å². The fraction of sp³-hybridized carbons (Fsp3) is 0.157. The van der Waals surface area contributed by atoms with Gasteiger partial charge in [0, 0.05) is 58.0 Å². The molecule has 1 aliphatic rings. The maximum Gasteiger partial charge on any atom is 0.137 e. The number of hydrogen-bond donors (Lipinski definition) is 0. The van der Waals surface area contributed by atoms with Gasteiger partial charge < -0.3 is 14.5 Å². The molecule has 9 heteroatoms. The standard InChI is InChI=1S/C70H58F4N4O/c1-42(2)61-34-45(44-16-9-8-10-17-44)35-62(43(3)4)68(61)48-32-54(39-56(33-48)79-55-24-25-60-59-18-11-12-21-63(59)78(66(60)40-55)67-36-49(26-27-75-67)70(5,6)7)76-41-77(65-23-14-13-22-64(65)76)69-57(46-28-50(71)37-51(72)29-46)19-15-20-58(69)47-30-52(73)38-53(74)31-47/h8-40,42-43H,41H2,1-7H3. The molecule has 0 atom stereocenters. The molecule has 0 bridgehead atoms. The molecule has 0 fully saturated rings. The molecule has 0 spiro atoms. The fourth-order valence-electron chi connectivity index (χ4n) is 11.4. The molecule has 0 radical (unpaired) electrons. The van der Waals surface area contributed by atoms with Crippen LogP contribution in [0.3, 0.4) is 0 Å². The summed E-state index contributed by atoms with van der Waals surface area (Å²) in [5, 5.41) is 2.17. The highest BCUT2D eigenvalue weighted by atomic mass is 19.1. The molecule has 0 saturated heterocycles. The number of pyridine rings is 1. The van der Waals surface area contributed by atoms with Gasteiger partial charge in [0.15, 0.2) is 0 Å². The largest absolute Gasteiger partial charge is 0.457 e. The Bertz CT molecular complexity index is 4020. The predicted molar refractivity (Wildman–Crippen MR) is 316 cm³/mol. The van der Waals surface area contributed by atoms with E-state index in [0.29, 0.717) is 28.3 Å². The summed E-state index contributed by atoms with van der Waals surface area (Å²) >= 11 is 0. The van der Waals surface area contributed by atoms with Crippen molar-refractivity contribution in [2.45, 2.75) is 65.7 Å². The van der Waals surface area contributed by atoms with Crippen molar-refractivity contribution in [1.29, 1.82) is 0 Å². The van der Waals surface area contributed by atoms with Crippen LogP contribution in [-0.2, 0) is 5.41 Å². The highest BCUT2D eigenvalue weighted by Crippen LogP contribution is 2.52. The van der Waals surface area contributed by atoms with E-state index in [1.165, 1.54) is 41.0 Å². The Labute approximate surface area is 458 Å². The first-order chi connectivity index (χ1) is 38.1. The minimum absolute atomic E-state index is 0.0970. The minimum atomic E-state index is -0.749. The Hall–Kier alpha value is -8.95. The number of fused-ring (bicyclic) bond motifs is 4. The normalized spacial score (nSPS) is 12.6. The van der Waals surface area contributed by atoms with E-state index in [9.17, 15) is 0 Å². The van der Waals surface area contributed by atoms with Crippen molar-refractivity contribution < 1.29 is 22.3 Å². The Balaban J connectivity index is 1.07. The van der Waals surface area contributed by atoms with Gasteiger partial charge in [0.05, 0.1) is 28.1 Å². The molecule has 0 amide bonds. The number of hydrogen-bond acceptors (Lipinski definition) is 4. The highest BCUT2D eigenvalue weighted by Gasteiger charge is 2.33. The molecule has 392 valence electrons. The van der Waals surface area contributed by atoms with Gasteiger partial charge in [-0.25, -0.2) is 22.5 Å². The van der Waals surface area contributed by atoms with Crippen LogP contribution in [0.2, 0.25) is 0 Å². The van der Waals surface area contributed by atoms with Crippen molar-refractivity contribution in [3.8, 4) is 61.8 Å². The number of anilines is 4. The quantitative estimate of drug-likeness (QED) is 0.121. The molecule has 0 N–H and O–H groups in total. The van der Waals surface area contributed by atoms with Gasteiger partial charge >= 0.3 is 0 Å². The molecule has 9 aromatic carbocycles. The molecule has 2 aromatic heterocycles. The lowest BCUT2D eigenvalue weighted by Gasteiger charge is -2.28. The van der Waals surface area contributed by atoms with Crippen LogP contribution in [0.25, 0.3) is 72.1 Å². The second-order valence-corrected chi connectivity index (χ2v) is 22.2. The Morgan fingerprint density at radius 1 is 0.468 bits per heavy atom. The van der Waals surface area contributed by atoms with Gasteiger partial charge in [0.1, 0.15) is 47.3 Å². The zero-order chi connectivity index (χ0) is 54.9. The highest BCUT2D eigenvalue weighted by molar-refractivity contribution is 6.09. The van der Waals surface area contributed by atoms with Crippen molar-refractivity contribution in [2.24, 2.45) is 0 Å². The first-order valence-electron chi connectivity index (χ1n) is 26.8. The third-order valence-electron chi connectivity index (χ3n) is 15.2. The Kier molecular flexibility index (Phi) is 13.0. The second-order valence-electron chi connectivity index (χ2n) is 22.2. The van der Waals surface area contributed by atoms with E-state index in [1.807, 2.05) is 42.6 Å². The van der Waals surface area contributed by atoms with Gasteiger partial charge in [0.2, 0.25) is 0 Å². The third kappa shape index (κ3) is 9.58. The molecule has 1 aliphatic heterocycles. The minimum Gasteiger partial charge on any atom is -0.457 e. The van der Waals surface area contributed by atoms with Crippen LogP contribution in [0.5, 0.6) is 11.5 Å². The van der Waals surface area contributed by atoms with Crippen LogP contribution < -0.4 is 14.5 Å². The summed E-state index contributed by atoms with van der Waals surface area (Å²) in [5.41, 5.74) is 14.2. The molecule has 79 heavy (non-hydrogen) atoms. The van der Waals surface area contributed by atoms with E-state index in [2.05, 4.69) is 166 Å². The van der Waals surface area contributed by atoms with Crippen LogP contribution in [-0.4, -0.2) is 16.2 Å². The zero-order valence-corrected chi connectivity index (χ0v) is 45.1. The number of nitrogens with zero attached hydrogens (tertiary/aromatic N) is 4. The molecular formula is C70H58F4N4O. The Morgan fingerprint density at radius 2 is 1.05 bits per heavy atom. The third-order valence-corrected chi connectivity index (χ3v) is 15.2. The maximum atomic E-state index is 15.2. The first kappa shape index (κ1) is 50.8. The van der Waals surface area contributed by atoms with Crippen LogP contribution in [0.1, 0.15) is 77.0 Å². The van der Waals surface area contributed by atoms with E-state index >= 15 is 17.6 Å². The number of halogens is 4. The SMILES string of the molecule is CC(C)c1cc(-c2ccccc2)cc(C(C)C)c1-c1cc(Oc2ccc3c4ccccc4n(-c4cc(C(C)(C)C)ccn4)c3c2)cc(N2CN(c3c(-c4cc(F)cc(F)c4)cccc3-c3cc(F)cc(F)c3)c3ccccc32)c1. The number of benzene rings is 9. The summed E-state index contributed by atoms with van der Waals surface area (Å²) < 4.78 is 70.2. The number of para-hydroxylation sites is 4. The number of ether oxygens (including phenoxy) is 1. The number of rotatable bonds is 11. The van der Waals surface area contributed by atoms with Gasteiger partial charge in [-0.05, 0) is 146 Å². The molecule has 0 unspecified atom stereocenters. The van der Waals surface area contributed by atoms with E-state index in [0.717, 1.165) is 79.1 Å². The predicted octanol–water partition coefficient (Wildman–Crippen LogP) is 20.0. The molecular weight excluding hydrogens is 989 g/mol. The monoisotopic (exact) mass is 1050 g/mol. The first-order valence-corrected chi connectivity index (χ1v) is 26.8. The van der Waals surface area contributed by atoms with Crippen LogP contribution in [0.4, 0.5) is 40.3 Å². The van der Waals surface area contributed by atoms with Crippen molar-refractivity contribution in [1.82, 2.24) is 9.55 Å². The summed E-state index contributed by atoms with van der Waals surface area (Å²) in [6, 6.07) is 60.4. The van der Waals surface area contributed by atoms with Gasteiger partial charge in [-0.1, -0.05) is 139 Å². The van der Waals surface area contributed by atoms with Crippen molar-refractivity contribution in [3.63, 3.8) is 0 Å². The Morgan fingerprint density at radius 3 is 1.67 bits per heavy atom. The number of aromatic nitrogens is 2. The van der Waals surface area contributed by atoms with Crippen molar-refractivity contribution in [2.75, 3.05) is 16.5 Å². The topological polar surface area (TPSA) is 33.5 Å². The van der Waals surface area contributed by atoms with Crippen molar-refractivity contribution in [3.05, 3.63) is 240 Å². The maximum absolute atomic E-state index is 15.2. The van der Waals surface area contributed by atoms with Crippen molar-refractivity contribution >= 4 is 44.6 Å². The molecule has 0 aliphatic carbocycles. The summed E-state index contributed by atoms with van der Waals surface area (Å²) in [6.45, 7) is 15.8. The molecule has 0 saturated carbocycles. The van der Waals surface area contributed by atoms with E-state index in [4.69, 9.17) is 9.72 Å². The molecule has 5 nitrogen and oxygen atoms in total. The lowest BCUT2D eigenvalue weighted by Crippen LogP contribution is -2.25. The van der Waals surface area contributed by atoms with Gasteiger partial charge in [-0.3, -0.25) is 4.57 Å². The van der Waals surface area contributed by atoms with Gasteiger partial charge in [-0.2, -0.15) is 0 Å². The van der Waals surface area contributed by atoms with Crippen LogP contribution >= 0.6 is 0 Å². The summed E-state index contributed by atoms with van der Waals surface area (Å²) in [7, 11) is 0. The lowest BCUT2D eigenvalue weighted by molar-refractivity contribution is 0.483. The molecule has 3 heterocycles. The molecule has 12 rings (SSSR count). The second kappa shape index (κ2) is 20.1. The smallest absolute Gasteiger partial charge is 0.137 e. The summed E-state index contributed by atoms with van der Waals surface area (Å²) in [5.74, 6) is -0.680. The van der Waals surface area contributed by atoms with Gasteiger partial charge in [-0.15, -0.1) is 0 Å². The fourth-order valence-corrected chi connectivity index (χ4v) is 11.4. The van der Waals surface area contributed by atoms with E-state index in [1.54, 1.807) is 18.2 Å².